The molecule has 0 bridgehead atoms. The van der Waals surface area contributed by atoms with Crippen LogP contribution in [0.5, 0.6) is 0 Å². The Morgan fingerprint density at radius 2 is 1.90 bits per heavy atom. The topological polar surface area (TPSA) is 46.6 Å². The van der Waals surface area contributed by atoms with Crippen LogP contribution in [0.1, 0.15) is 57.0 Å². The summed E-state index contributed by atoms with van der Waals surface area (Å²) in [5, 5.41) is 0. The first-order valence-electron chi connectivity index (χ1n) is 7.48. The molecular formula is C17H25NO3. The molecule has 0 fully saturated rings. The molecule has 1 unspecified atom stereocenters. The summed E-state index contributed by atoms with van der Waals surface area (Å²) >= 11 is 0. The number of anilines is 1. The van der Waals surface area contributed by atoms with E-state index in [1.807, 2.05) is 32.9 Å². The molecule has 21 heavy (non-hydrogen) atoms. The molecule has 0 saturated heterocycles. The molecule has 0 aromatic heterocycles. The van der Waals surface area contributed by atoms with Gasteiger partial charge in [0.05, 0.1) is 5.69 Å². The Morgan fingerprint density at radius 1 is 1.24 bits per heavy atom. The predicted octanol–water partition coefficient (Wildman–Crippen LogP) is 3.58. The fourth-order valence-corrected chi connectivity index (χ4v) is 2.40. The largest absolute Gasteiger partial charge is 0.358 e. The van der Waals surface area contributed by atoms with Gasteiger partial charge in [-0.05, 0) is 38.3 Å². The lowest BCUT2D eigenvalue weighted by molar-refractivity contribution is -0.119. The Labute approximate surface area is 127 Å². The third-order valence-corrected chi connectivity index (χ3v) is 3.39. The van der Waals surface area contributed by atoms with Crippen molar-refractivity contribution in [1.82, 2.24) is 0 Å². The van der Waals surface area contributed by atoms with Gasteiger partial charge in [0.15, 0.2) is 5.78 Å². The number of carbonyl (C=O) groups is 2. The zero-order chi connectivity index (χ0) is 16.0. The normalized spacial score (nSPS) is 12.0. The van der Waals surface area contributed by atoms with Crippen LogP contribution in [0, 0.1) is 0 Å². The van der Waals surface area contributed by atoms with Crippen LogP contribution in [0.3, 0.4) is 0 Å². The Morgan fingerprint density at radius 3 is 2.38 bits per heavy atom. The van der Waals surface area contributed by atoms with E-state index in [2.05, 4.69) is 0 Å². The second kappa shape index (κ2) is 7.93. The molecule has 0 N–H and O–H groups in total. The molecule has 4 heteroatoms. The number of Topliss-reactive ketones (excluding diaryl/α,β-unsaturated/α-hetero) is 1. The van der Waals surface area contributed by atoms with E-state index in [0.717, 1.165) is 18.4 Å². The second-order valence-electron chi connectivity index (χ2n) is 5.08. The van der Waals surface area contributed by atoms with E-state index in [1.165, 1.54) is 13.8 Å². The van der Waals surface area contributed by atoms with Crippen molar-refractivity contribution in [3.05, 3.63) is 29.3 Å². The smallest absolute Gasteiger partial charge is 0.225 e. The molecule has 1 amide bonds. The highest BCUT2D eigenvalue weighted by Gasteiger charge is 2.25. The molecule has 0 aliphatic rings. The third kappa shape index (κ3) is 4.14. The van der Waals surface area contributed by atoms with Crippen LogP contribution in [-0.2, 0) is 16.0 Å². The number of hydrogen-bond donors (Lipinski definition) is 0. The van der Waals surface area contributed by atoms with Crippen LogP contribution < -0.4 is 4.90 Å². The lowest BCUT2D eigenvalue weighted by Gasteiger charge is -2.31. The van der Waals surface area contributed by atoms with Gasteiger partial charge in [0.1, 0.15) is 6.23 Å². The van der Waals surface area contributed by atoms with Gasteiger partial charge in [-0.25, -0.2) is 0 Å². The van der Waals surface area contributed by atoms with Crippen LogP contribution >= 0.6 is 0 Å². The van der Waals surface area contributed by atoms with Crippen molar-refractivity contribution in [2.45, 2.75) is 53.7 Å². The summed E-state index contributed by atoms with van der Waals surface area (Å²) < 4.78 is 5.70. The van der Waals surface area contributed by atoms with Gasteiger partial charge in [0, 0.05) is 19.1 Å². The Balaban J connectivity index is 3.36. The van der Waals surface area contributed by atoms with Gasteiger partial charge in [0.25, 0.3) is 0 Å². The molecule has 0 spiro atoms. The van der Waals surface area contributed by atoms with Crippen LogP contribution in [0.2, 0.25) is 0 Å². The first-order chi connectivity index (χ1) is 9.93. The van der Waals surface area contributed by atoms with E-state index in [0.29, 0.717) is 17.9 Å². The summed E-state index contributed by atoms with van der Waals surface area (Å²) in [7, 11) is 0. The Bertz CT molecular complexity index is 511. The predicted molar refractivity (Wildman–Crippen MR) is 84.7 cm³/mol. The van der Waals surface area contributed by atoms with Crippen molar-refractivity contribution in [2.24, 2.45) is 0 Å². The molecule has 0 aliphatic carbocycles. The molecule has 1 rings (SSSR count). The van der Waals surface area contributed by atoms with Gasteiger partial charge in [-0.15, -0.1) is 0 Å². The maximum atomic E-state index is 12.1. The Hall–Kier alpha value is -1.68. The minimum Gasteiger partial charge on any atom is -0.358 e. The average molecular weight is 291 g/mol. The summed E-state index contributed by atoms with van der Waals surface area (Å²) in [4.78, 5) is 25.6. The van der Waals surface area contributed by atoms with Gasteiger partial charge >= 0.3 is 0 Å². The summed E-state index contributed by atoms with van der Waals surface area (Å²) in [6.07, 6.45) is 1.24. The zero-order valence-corrected chi connectivity index (χ0v) is 13.6. The number of carbonyl (C=O) groups excluding carboxylic acids is 2. The summed E-state index contributed by atoms with van der Waals surface area (Å²) in [5.41, 5.74) is 2.23. The first kappa shape index (κ1) is 17.4. The zero-order valence-electron chi connectivity index (χ0n) is 13.6. The number of para-hydroxylation sites is 1. The molecule has 0 radical (unpaired) electrons. The molecule has 1 aromatic rings. The van der Waals surface area contributed by atoms with Crippen molar-refractivity contribution >= 4 is 17.4 Å². The van der Waals surface area contributed by atoms with Gasteiger partial charge in [-0.1, -0.05) is 26.0 Å². The third-order valence-electron chi connectivity index (χ3n) is 3.39. The number of benzene rings is 1. The minimum atomic E-state index is -0.395. The SMILES string of the molecule is CCCOC(C)N(C(C)=O)c1c(CC)cccc1C(C)=O. The van der Waals surface area contributed by atoms with E-state index in [1.54, 1.807) is 11.0 Å². The summed E-state index contributed by atoms with van der Waals surface area (Å²) in [6, 6.07) is 5.57. The molecule has 116 valence electrons. The number of rotatable bonds is 7. The minimum absolute atomic E-state index is 0.0470. The van der Waals surface area contributed by atoms with Gasteiger partial charge < -0.3 is 4.74 Å². The van der Waals surface area contributed by atoms with Crippen molar-refractivity contribution < 1.29 is 14.3 Å². The van der Waals surface area contributed by atoms with E-state index in [4.69, 9.17) is 4.74 Å². The van der Waals surface area contributed by atoms with Crippen LogP contribution in [-0.4, -0.2) is 24.5 Å². The summed E-state index contributed by atoms with van der Waals surface area (Å²) in [5.74, 6) is -0.170. The van der Waals surface area contributed by atoms with E-state index < -0.39 is 6.23 Å². The first-order valence-corrected chi connectivity index (χ1v) is 7.48. The van der Waals surface area contributed by atoms with Crippen LogP contribution in [0.25, 0.3) is 0 Å². The summed E-state index contributed by atoms with van der Waals surface area (Å²) in [6.45, 7) is 9.48. The van der Waals surface area contributed by atoms with E-state index >= 15 is 0 Å². The lowest BCUT2D eigenvalue weighted by atomic mass is 10.0. The molecule has 0 aliphatic heterocycles. The number of aryl methyl sites for hydroxylation is 1. The maximum Gasteiger partial charge on any atom is 0.225 e. The highest BCUT2D eigenvalue weighted by Crippen LogP contribution is 2.29. The molecule has 4 nitrogen and oxygen atoms in total. The van der Waals surface area contributed by atoms with Crippen molar-refractivity contribution in [3.63, 3.8) is 0 Å². The highest BCUT2D eigenvalue weighted by atomic mass is 16.5. The van der Waals surface area contributed by atoms with Crippen molar-refractivity contribution in [2.75, 3.05) is 11.5 Å². The standard InChI is InChI=1S/C17H25NO3/c1-6-11-21-14(5)18(13(4)20)17-15(7-2)9-8-10-16(17)12(3)19/h8-10,14H,6-7,11H2,1-5H3. The number of hydrogen-bond acceptors (Lipinski definition) is 3. The van der Waals surface area contributed by atoms with Crippen LogP contribution in [0.4, 0.5) is 5.69 Å². The highest BCUT2D eigenvalue weighted by molar-refractivity contribution is 6.05. The molecule has 0 saturated carbocycles. The van der Waals surface area contributed by atoms with Crippen LogP contribution in [0.15, 0.2) is 18.2 Å². The van der Waals surface area contributed by atoms with Crippen molar-refractivity contribution in [3.8, 4) is 0 Å². The Kier molecular flexibility index (Phi) is 6.56. The molecule has 0 heterocycles. The van der Waals surface area contributed by atoms with Gasteiger partial charge in [-0.2, -0.15) is 0 Å². The average Bonchev–Trinajstić information content (AvgIpc) is 2.44. The second-order valence-corrected chi connectivity index (χ2v) is 5.08. The monoisotopic (exact) mass is 291 g/mol. The molecule has 1 aromatic carbocycles. The van der Waals surface area contributed by atoms with Gasteiger partial charge in [-0.3, -0.25) is 14.5 Å². The molecule has 1 atom stereocenters. The number of ether oxygens (including phenoxy) is 1. The van der Waals surface area contributed by atoms with E-state index in [9.17, 15) is 9.59 Å². The number of amides is 1. The molecular weight excluding hydrogens is 266 g/mol. The maximum absolute atomic E-state index is 12.1. The van der Waals surface area contributed by atoms with Gasteiger partial charge in [0.2, 0.25) is 5.91 Å². The quantitative estimate of drug-likeness (QED) is 0.570. The van der Waals surface area contributed by atoms with E-state index in [-0.39, 0.29) is 11.7 Å². The van der Waals surface area contributed by atoms with Crippen molar-refractivity contribution in [1.29, 1.82) is 0 Å². The fourth-order valence-electron chi connectivity index (χ4n) is 2.40. The number of nitrogens with zero attached hydrogens (tertiary/aromatic N) is 1. The number of ketones is 1. The fraction of sp³-hybridized carbons (Fsp3) is 0.529. The lowest BCUT2D eigenvalue weighted by Crippen LogP contribution is -2.40.